The summed E-state index contributed by atoms with van der Waals surface area (Å²) in [6.45, 7) is 6.75. The standard InChI is InChI=1S/C12H19N3O3/c1-12(2,3)10(17)14-5-4-8(7-14)15-9(16)6-13-11(15)18/h8H,4-7H2,1-3H3,(H,13,18). The first kappa shape index (κ1) is 12.9. The van der Waals surface area contributed by atoms with E-state index in [1.807, 2.05) is 20.8 Å². The quantitative estimate of drug-likeness (QED) is 0.678. The fourth-order valence-corrected chi connectivity index (χ4v) is 2.42. The summed E-state index contributed by atoms with van der Waals surface area (Å²) in [5, 5.41) is 2.50. The summed E-state index contributed by atoms with van der Waals surface area (Å²) in [7, 11) is 0. The number of imide groups is 1. The molecule has 0 aromatic heterocycles. The lowest BCUT2D eigenvalue weighted by atomic mass is 9.95. The Bertz CT molecular complexity index is 384. The SMILES string of the molecule is CC(C)(C)C(=O)N1CCC(N2C(=O)CNC2=O)C1. The summed E-state index contributed by atoms with van der Waals surface area (Å²) in [5.74, 6) is -0.132. The van der Waals surface area contributed by atoms with Crippen LogP contribution >= 0.6 is 0 Å². The smallest absolute Gasteiger partial charge is 0.324 e. The fourth-order valence-electron chi connectivity index (χ4n) is 2.42. The molecular formula is C12H19N3O3. The maximum Gasteiger partial charge on any atom is 0.324 e. The molecule has 2 fully saturated rings. The lowest BCUT2D eigenvalue weighted by Crippen LogP contribution is -2.44. The van der Waals surface area contributed by atoms with Crippen molar-refractivity contribution in [3.8, 4) is 0 Å². The minimum atomic E-state index is -0.424. The van der Waals surface area contributed by atoms with Crippen LogP contribution in [0, 0.1) is 5.41 Å². The number of likely N-dealkylation sites (tertiary alicyclic amines) is 1. The summed E-state index contributed by atoms with van der Waals surface area (Å²) < 4.78 is 0. The molecule has 2 aliphatic heterocycles. The van der Waals surface area contributed by atoms with Gasteiger partial charge in [-0.25, -0.2) is 4.79 Å². The molecule has 0 bridgehead atoms. The Morgan fingerprint density at radius 3 is 2.50 bits per heavy atom. The van der Waals surface area contributed by atoms with Gasteiger partial charge in [0.1, 0.15) is 0 Å². The van der Waals surface area contributed by atoms with Crippen LogP contribution in [0.5, 0.6) is 0 Å². The molecular weight excluding hydrogens is 234 g/mol. The largest absolute Gasteiger partial charge is 0.340 e. The Morgan fingerprint density at radius 2 is 2.00 bits per heavy atom. The molecule has 6 nitrogen and oxygen atoms in total. The summed E-state index contributed by atoms with van der Waals surface area (Å²) in [5.41, 5.74) is -0.424. The first-order chi connectivity index (χ1) is 8.30. The van der Waals surface area contributed by atoms with E-state index in [0.29, 0.717) is 19.5 Å². The molecule has 0 radical (unpaired) electrons. The summed E-state index contributed by atoms with van der Waals surface area (Å²) in [6, 6.07) is -0.513. The van der Waals surface area contributed by atoms with Crippen molar-refractivity contribution in [2.24, 2.45) is 5.41 Å². The van der Waals surface area contributed by atoms with Gasteiger partial charge >= 0.3 is 6.03 Å². The highest BCUT2D eigenvalue weighted by atomic mass is 16.2. The lowest BCUT2D eigenvalue weighted by molar-refractivity contribution is -0.139. The average molecular weight is 253 g/mol. The van der Waals surface area contributed by atoms with Crippen LogP contribution in [-0.4, -0.2) is 53.3 Å². The van der Waals surface area contributed by atoms with Crippen molar-refractivity contribution in [1.82, 2.24) is 15.1 Å². The van der Waals surface area contributed by atoms with Gasteiger partial charge in [-0.1, -0.05) is 20.8 Å². The van der Waals surface area contributed by atoms with Crippen LogP contribution in [0.15, 0.2) is 0 Å². The van der Waals surface area contributed by atoms with Crippen molar-refractivity contribution in [1.29, 1.82) is 0 Å². The Labute approximate surface area is 106 Å². The van der Waals surface area contributed by atoms with E-state index in [9.17, 15) is 14.4 Å². The number of amides is 4. The zero-order valence-corrected chi connectivity index (χ0v) is 11.0. The van der Waals surface area contributed by atoms with Crippen molar-refractivity contribution in [3.05, 3.63) is 0 Å². The van der Waals surface area contributed by atoms with Gasteiger partial charge in [-0.3, -0.25) is 14.5 Å². The van der Waals surface area contributed by atoms with Gasteiger partial charge in [0, 0.05) is 18.5 Å². The van der Waals surface area contributed by atoms with Crippen LogP contribution in [0.4, 0.5) is 4.79 Å². The Kier molecular flexibility index (Phi) is 3.04. The van der Waals surface area contributed by atoms with Crippen molar-refractivity contribution >= 4 is 17.8 Å². The van der Waals surface area contributed by atoms with E-state index >= 15 is 0 Å². The zero-order chi connectivity index (χ0) is 13.5. The first-order valence-electron chi connectivity index (χ1n) is 6.20. The van der Waals surface area contributed by atoms with Crippen LogP contribution in [0.2, 0.25) is 0 Å². The van der Waals surface area contributed by atoms with Gasteiger partial charge in [-0.2, -0.15) is 0 Å². The second-order valence-corrected chi connectivity index (χ2v) is 5.87. The summed E-state index contributed by atoms with van der Waals surface area (Å²) in [4.78, 5) is 38.2. The second kappa shape index (κ2) is 4.26. The number of nitrogens with zero attached hydrogens (tertiary/aromatic N) is 2. The third kappa shape index (κ3) is 2.19. The van der Waals surface area contributed by atoms with Crippen molar-refractivity contribution in [2.75, 3.05) is 19.6 Å². The molecule has 0 spiro atoms. The number of hydrogen-bond donors (Lipinski definition) is 1. The normalized spacial score (nSPS) is 24.7. The average Bonchev–Trinajstić information content (AvgIpc) is 2.83. The van der Waals surface area contributed by atoms with Gasteiger partial charge in [0.05, 0.1) is 12.6 Å². The highest BCUT2D eigenvalue weighted by molar-refractivity contribution is 6.02. The van der Waals surface area contributed by atoms with Crippen LogP contribution < -0.4 is 5.32 Å². The Balaban J connectivity index is 2.03. The van der Waals surface area contributed by atoms with Gasteiger partial charge in [-0.15, -0.1) is 0 Å². The highest BCUT2D eigenvalue weighted by Crippen LogP contribution is 2.24. The molecule has 1 unspecified atom stereocenters. The monoisotopic (exact) mass is 253 g/mol. The number of carbonyl (C=O) groups is 3. The number of carbonyl (C=O) groups excluding carboxylic acids is 3. The van der Waals surface area contributed by atoms with Crippen LogP contribution in [-0.2, 0) is 9.59 Å². The van der Waals surface area contributed by atoms with E-state index in [2.05, 4.69) is 5.32 Å². The van der Waals surface area contributed by atoms with E-state index in [0.717, 1.165) is 0 Å². The van der Waals surface area contributed by atoms with E-state index < -0.39 is 5.41 Å². The molecule has 2 aliphatic rings. The molecule has 2 saturated heterocycles. The molecule has 1 N–H and O–H groups in total. The molecule has 1 atom stereocenters. The Hall–Kier alpha value is -1.59. The van der Waals surface area contributed by atoms with Crippen molar-refractivity contribution < 1.29 is 14.4 Å². The van der Waals surface area contributed by atoms with Crippen LogP contribution in [0.25, 0.3) is 0 Å². The van der Waals surface area contributed by atoms with Gasteiger partial charge in [0.2, 0.25) is 11.8 Å². The predicted octanol–water partition coefficient (Wildman–Crippen LogP) is 0.185. The minimum Gasteiger partial charge on any atom is -0.340 e. The third-order valence-corrected chi connectivity index (χ3v) is 3.34. The molecule has 0 aromatic rings. The molecule has 6 heteroatoms. The highest BCUT2D eigenvalue weighted by Gasteiger charge is 2.41. The van der Waals surface area contributed by atoms with Crippen LogP contribution in [0.1, 0.15) is 27.2 Å². The van der Waals surface area contributed by atoms with Crippen LogP contribution in [0.3, 0.4) is 0 Å². The fraction of sp³-hybridized carbons (Fsp3) is 0.750. The van der Waals surface area contributed by atoms with E-state index in [4.69, 9.17) is 0 Å². The number of urea groups is 1. The van der Waals surface area contributed by atoms with Gasteiger partial charge < -0.3 is 10.2 Å². The third-order valence-electron chi connectivity index (χ3n) is 3.34. The van der Waals surface area contributed by atoms with Gasteiger partial charge in [0.25, 0.3) is 0 Å². The minimum absolute atomic E-state index is 0.0667. The van der Waals surface area contributed by atoms with Gasteiger partial charge in [-0.05, 0) is 6.42 Å². The second-order valence-electron chi connectivity index (χ2n) is 5.87. The summed E-state index contributed by atoms with van der Waals surface area (Å²) >= 11 is 0. The molecule has 2 heterocycles. The molecule has 0 saturated carbocycles. The number of hydrogen-bond acceptors (Lipinski definition) is 3. The topological polar surface area (TPSA) is 69.7 Å². The molecule has 0 aromatic carbocycles. The molecule has 100 valence electrons. The summed E-state index contributed by atoms with van der Waals surface area (Å²) in [6.07, 6.45) is 0.668. The first-order valence-corrected chi connectivity index (χ1v) is 6.20. The molecule has 4 amide bonds. The van der Waals surface area contributed by atoms with Crippen molar-refractivity contribution in [2.45, 2.75) is 33.2 Å². The maximum atomic E-state index is 12.1. The van der Waals surface area contributed by atoms with E-state index in [-0.39, 0.29) is 30.4 Å². The zero-order valence-electron chi connectivity index (χ0n) is 11.0. The number of nitrogens with one attached hydrogen (secondary N) is 1. The molecule has 18 heavy (non-hydrogen) atoms. The Morgan fingerprint density at radius 1 is 1.33 bits per heavy atom. The maximum absolute atomic E-state index is 12.1. The van der Waals surface area contributed by atoms with Crippen molar-refractivity contribution in [3.63, 3.8) is 0 Å². The molecule has 0 aliphatic carbocycles. The van der Waals surface area contributed by atoms with E-state index in [1.165, 1.54) is 4.90 Å². The number of rotatable bonds is 1. The predicted molar refractivity (Wildman–Crippen MR) is 64.7 cm³/mol. The van der Waals surface area contributed by atoms with E-state index in [1.54, 1.807) is 4.90 Å². The lowest BCUT2D eigenvalue weighted by Gasteiger charge is -2.26. The van der Waals surface area contributed by atoms with Gasteiger partial charge in [0.15, 0.2) is 0 Å². The molecule has 2 rings (SSSR count).